The molecule has 0 atom stereocenters. The van der Waals surface area contributed by atoms with Crippen LogP contribution in [0.5, 0.6) is 11.5 Å². The summed E-state index contributed by atoms with van der Waals surface area (Å²) in [5.74, 6) is 1.65. The summed E-state index contributed by atoms with van der Waals surface area (Å²) < 4.78 is 12.4. The van der Waals surface area contributed by atoms with Crippen molar-refractivity contribution >= 4 is 15.9 Å². The van der Waals surface area contributed by atoms with E-state index in [0.29, 0.717) is 19.3 Å². The van der Waals surface area contributed by atoms with Crippen molar-refractivity contribution in [3.8, 4) is 11.5 Å². The standard InChI is InChI=1S/C17H26BrNO2/c1-3-20-16-10-13(15(18)11-17(16)21-4-2)12-19-14-8-6-5-7-9-14/h10-11,14,19H,3-9,12H2,1-2H3. The van der Waals surface area contributed by atoms with Crippen LogP contribution in [0.2, 0.25) is 0 Å². The molecule has 0 aliphatic heterocycles. The second-order valence-corrected chi connectivity index (χ2v) is 6.33. The third-order valence-electron chi connectivity index (χ3n) is 3.90. The highest BCUT2D eigenvalue weighted by Crippen LogP contribution is 2.34. The van der Waals surface area contributed by atoms with Gasteiger partial charge in [-0.15, -0.1) is 0 Å². The van der Waals surface area contributed by atoms with E-state index in [9.17, 15) is 0 Å². The molecule has 1 N–H and O–H groups in total. The van der Waals surface area contributed by atoms with Gasteiger partial charge in [0.25, 0.3) is 0 Å². The van der Waals surface area contributed by atoms with Gasteiger partial charge in [-0.05, 0) is 44.4 Å². The summed E-state index contributed by atoms with van der Waals surface area (Å²) in [5.41, 5.74) is 1.23. The van der Waals surface area contributed by atoms with Crippen LogP contribution in [0.4, 0.5) is 0 Å². The van der Waals surface area contributed by atoms with Gasteiger partial charge in [0.05, 0.1) is 13.2 Å². The molecule has 1 aromatic carbocycles. The molecule has 1 aromatic rings. The average Bonchev–Trinajstić information content (AvgIpc) is 2.50. The Kier molecular flexibility index (Phi) is 6.84. The summed E-state index contributed by atoms with van der Waals surface area (Å²) in [6.45, 7) is 6.15. The zero-order chi connectivity index (χ0) is 15.1. The number of nitrogens with one attached hydrogen (secondary N) is 1. The van der Waals surface area contributed by atoms with Crippen LogP contribution in [0.15, 0.2) is 16.6 Å². The molecule has 1 saturated carbocycles. The van der Waals surface area contributed by atoms with Crippen LogP contribution in [0, 0.1) is 0 Å². The molecule has 2 rings (SSSR count). The molecule has 0 radical (unpaired) electrons. The SMILES string of the molecule is CCOc1cc(Br)c(CNC2CCCCC2)cc1OCC. The van der Waals surface area contributed by atoms with Gasteiger partial charge >= 0.3 is 0 Å². The van der Waals surface area contributed by atoms with Crippen molar-refractivity contribution in [2.75, 3.05) is 13.2 Å². The van der Waals surface area contributed by atoms with E-state index in [2.05, 4.69) is 27.3 Å². The normalized spacial score (nSPS) is 16.0. The van der Waals surface area contributed by atoms with E-state index in [1.165, 1.54) is 37.7 Å². The maximum absolute atomic E-state index is 5.70. The summed E-state index contributed by atoms with van der Waals surface area (Å²) in [6.07, 6.45) is 6.69. The van der Waals surface area contributed by atoms with E-state index in [1.54, 1.807) is 0 Å². The fourth-order valence-corrected chi connectivity index (χ4v) is 3.27. The molecule has 4 heteroatoms. The van der Waals surface area contributed by atoms with Gasteiger partial charge in [-0.25, -0.2) is 0 Å². The van der Waals surface area contributed by atoms with Crippen molar-refractivity contribution in [3.63, 3.8) is 0 Å². The van der Waals surface area contributed by atoms with Crippen LogP contribution in [-0.4, -0.2) is 19.3 Å². The molecular formula is C17H26BrNO2. The summed E-state index contributed by atoms with van der Waals surface area (Å²) >= 11 is 3.65. The summed E-state index contributed by atoms with van der Waals surface area (Å²) in [4.78, 5) is 0. The van der Waals surface area contributed by atoms with E-state index in [1.807, 2.05) is 19.9 Å². The first kappa shape index (κ1) is 16.6. The minimum atomic E-state index is 0.645. The Bertz CT molecular complexity index is 445. The van der Waals surface area contributed by atoms with Crippen molar-refractivity contribution in [2.24, 2.45) is 0 Å². The van der Waals surface area contributed by atoms with Crippen LogP contribution in [0.1, 0.15) is 51.5 Å². The lowest BCUT2D eigenvalue weighted by Gasteiger charge is -2.23. The molecule has 21 heavy (non-hydrogen) atoms. The van der Waals surface area contributed by atoms with Crippen LogP contribution in [-0.2, 0) is 6.54 Å². The first-order chi connectivity index (χ1) is 10.2. The smallest absolute Gasteiger partial charge is 0.162 e. The molecule has 0 aromatic heterocycles. The Labute approximate surface area is 136 Å². The molecule has 118 valence electrons. The zero-order valence-corrected chi connectivity index (χ0v) is 14.7. The number of hydrogen-bond donors (Lipinski definition) is 1. The molecule has 0 amide bonds. The third-order valence-corrected chi connectivity index (χ3v) is 4.64. The molecule has 0 spiro atoms. The fourth-order valence-electron chi connectivity index (χ4n) is 2.81. The van der Waals surface area contributed by atoms with E-state index in [0.717, 1.165) is 22.5 Å². The predicted molar refractivity (Wildman–Crippen MR) is 90.2 cm³/mol. The second-order valence-electron chi connectivity index (χ2n) is 5.47. The fraction of sp³-hybridized carbons (Fsp3) is 0.647. The minimum absolute atomic E-state index is 0.645. The summed E-state index contributed by atoms with van der Waals surface area (Å²) in [6, 6.07) is 4.77. The van der Waals surface area contributed by atoms with E-state index in [4.69, 9.17) is 9.47 Å². The van der Waals surface area contributed by atoms with Crippen LogP contribution >= 0.6 is 15.9 Å². The Morgan fingerprint density at radius 2 is 1.67 bits per heavy atom. The van der Waals surface area contributed by atoms with Gasteiger partial charge < -0.3 is 14.8 Å². The van der Waals surface area contributed by atoms with Gasteiger partial charge in [-0.2, -0.15) is 0 Å². The molecule has 3 nitrogen and oxygen atoms in total. The highest BCUT2D eigenvalue weighted by Gasteiger charge is 2.15. The molecule has 1 aliphatic carbocycles. The molecule has 0 unspecified atom stereocenters. The Balaban J connectivity index is 2.05. The lowest BCUT2D eigenvalue weighted by Crippen LogP contribution is -2.30. The summed E-state index contributed by atoms with van der Waals surface area (Å²) in [7, 11) is 0. The molecule has 0 heterocycles. The molecule has 1 aliphatic rings. The molecular weight excluding hydrogens is 330 g/mol. The van der Waals surface area contributed by atoms with Crippen LogP contribution in [0.3, 0.4) is 0 Å². The first-order valence-electron chi connectivity index (χ1n) is 8.06. The molecule has 1 fully saturated rings. The quantitative estimate of drug-likeness (QED) is 0.770. The monoisotopic (exact) mass is 355 g/mol. The molecule has 0 bridgehead atoms. The topological polar surface area (TPSA) is 30.5 Å². The van der Waals surface area contributed by atoms with Gasteiger partial charge in [0, 0.05) is 17.1 Å². The minimum Gasteiger partial charge on any atom is -0.490 e. The Morgan fingerprint density at radius 1 is 1.05 bits per heavy atom. The number of halogens is 1. The Hall–Kier alpha value is -0.740. The summed E-state index contributed by atoms with van der Waals surface area (Å²) in [5, 5.41) is 3.67. The van der Waals surface area contributed by atoms with Crippen LogP contribution in [0.25, 0.3) is 0 Å². The van der Waals surface area contributed by atoms with Gasteiger partial charge in [0.2, 0.25) is 0 Å². The van der Waals surface area contributed by atoms with Crippen molar-refractivity contribution in [3.05, 3.63) is 22.2 Å². The highest BCUT2D eigenvalue weighted by atomic mass is 79.9. The third kappa shape index (κ3) is 4.89. The van der Waals surface area contributed by atoms with E-state index < -0.39 is 0 Å². The van der Waals surface area contributed by atoms with Gasteiger partial charge in [0.15, 0.2) is 11.5 Å². The highest BCUT2D eigenvalue weighted by molar-refractivity contribution is 9.10. The van der Waals surface area contributed by atoms with Gasteiger partial charge in [0.1, 0.15) is 0 Å². The maximum Gasteiger partial charge on any atom is 0.162 e. The molecule has 0 saturated heterocycles. The van der Waals surface area contributed by atoms with Crippen molar-refractivity contribution in [1.82, 2.24) is 5.32 Å². The Morgan fingerprint density at radius 3 is 2.29 bits per heavy atom. The first-order valence-corrected chi connectivity index (χ1v) is 8.85. The second kappa shape index (κ2) is 8.64. The zero-order valence-electron chi connectivity index (χ0n) is 13.1. The number of ether oxygens (including phenoxy) is 2. The van der Waals surface area contributed by atoms with Crippen molar-refractivity contribution in [1.29, 1.82) is 0 Å². The van der Waals surface area contributed by atoms with Gasteiger partial charge in [-0.1, -0.05) is 35.2 Å². The number of hydrogen-bond acceptors (Lipinski definition) is 3. The lowest BCUT2D eigenvalue weighted by molar-refractivity contribution is 0.287. The van der Waals surface area contributed by atoms with Crippen molar-refractivity contribution < 1.29 is 9.47 Å². The lowest BCUT2D eigenvalue weighted by atomic mass is 9.95. The number of benzene rings is 1. The van der Waals surface area contributed by atoms with Gasteiger partial charge in [-0.3, -0.25) is 0 Å². The van der Waals surface area contributed by atoms with E-state index in [-0.39, 0.29) is 0 Å². The number of rotatable bonds is 7. The maximum atomic E-state index is 5.70. The van der Waals surface area contributed by atoms with Crippen molar-refractivity contribution in [2.45, 2.75) is 58.5 Å². The average molecular weight is 356 g/mol. The largest absolute Gasteiger partial charge is 0.490 e. The van der Waals surface area contributed by atoms with E-state index >= 15 is 0 Å². The van der Waals surface area contributed by atoms with Crippen LogP contribution < -0.4 is 14.8 Å². The predicted octanol–water partition coefficient (Wildman–Crippen LogP) is 4.67.